The first-order chi connectivity index (χ1) is 7.09. The van der Waals surface area contributed by atoms with Crippen molar-refractivity contribution in [1.82, 2.24) is 4.67 Å². The molecule has 1 aliphatic rings. The van der Waals surface area contributed by atoms with Crippen molar-refractivity contribution < 1.29 is 9.09 Å². The number of hydrogen-bond acceptors (Lipinski definition) is 2. The minimum absolute atomic E-state index is 0.104. The van der Waals surface area contributed by atoms with Gasteiger partial charge in [0, 0.05) is 12.1 Å². The molecule has 96 valence electrons. The average molecular weight is 247 g/mol. The highest BCUT2D eigenvalue weighted by atomic mass is 31.2. The van der Waals surface area contributed by atoms with Crippen LogP contribution in [0.5, 0.6) is 0 Å². The Morgan fingerprint density at radius 1 is 1.06 bits per heavy atom. The molecule has 16 heavy (non-hydrogen) atoms. The zero-order valence-electron chi connectivity index (χ0n) is 11.5. The summed E-state index contributed by atoms with van der Waals surface area (Å²) in [6.07, 6.45) is 2.07. The van der Waals surface area contributed by atoms with Crippen LogP contribution < -0.4 is 0 Å². The minimum atomic E-state index is -2.74. The summed E-state index contributed by atoms with van der Waals surface area (Å²) < 4.78 is 21.0. The molecule has 1 rings (SSSR count). The van der Waals surface area contributed by atoms with Gasteiger partial charge in [-0.1, -0.05) is 0 Å². The second kappa shape index (κ2) is 4.44. The lowest BCUT2D eigenvalue weighted by molar-refractivity contribution is 0.201. The van der Waals surface area contributed by atoms with Gasteiger partial charge in [-0.2, -0.15) is 0 Å². The van der Waals surface area contributed by atoms with E-state index in [2.05, 4.69) is 25.4 Å². The lowest BCUT2D eigenvalue weighted by Gasteiger charge is -2.44. The van der Waals surface area contributed by atoms with E-state index in [9.17, 15) is 4.57 Å². The summed E-state index contributed by atoms with van der Waals surface area (Å²) in [7, 11) is -2.74. The molecule has 1 unspecified atom stereocenters. The van der Waals surface area contributed by atoms with Gasteiger partial charge < -0.3 is 4.52 Å². The van der Waals surface area contributed by atoms with Gasteiger partial charge in [-0.15, -0.1) is 0 Å². The summed E-state index contributed by atoms with van der Waals surface area (Å²) in [4.78, 5) is 0. The lowest BCUT2D eigenvalue weighted by atomic mass is 10.1. The molecule has 4 heteroatoms. The van der Waals surface area contributed by atoms with Crippen LogP contribution in [0.3, 0.4) is 0 Å². The van der Waals surface area contributed by atoms with Gasteiger partial charge in [0.05, 0.1) is 11.8 Å². The van der Waals surface area contributed by atoms with Gasteiger partial charge in [0.1, 0.15) is 0 Å². The van der Waals surface area contributed by atoms with E-state index in [1.165, 1.54) is 0 Å². The SMILES string of the molecule is CC(C)(C)N1CCCCOP1(=O)C(C)(C)C. The summed E-state index contributed by atoms with van der Waals surface area (Å²) in [6.45, 7) is 13.9. The maximum atomic E-state index is 13.2. The van der Waals surface area contributed by atoms with Gasteiger partial charge in [-0.3, -0.25) is 4.57 Å². The van der Waals surface area contributed by atoms with Gasteiger partial charge in [0.25, 0.3) is 7.52 Å². The highest BCUT2D eigenvalue weighted by molar-refractivity contribution is 7.58. The number of nitrogens with zero attached hydrogens (tertiary/aromatic N) is 1. The molecule has 1 saturated heterocycles. The van der Waals surface area contributed by atoms with E-state index in [1.54, 1.807) is 0 Å². The fourth-order valence-corrected chi connectivity index (χ4v) is 4.86. The van der Waals surface area contributed by atoms with Gasteiger partial charge in [0.2, 0.25) is 0 Å². The zero-order valence-corrected chi connectivity index (χ0v) is 12.4. The molecule has 1 aliphatic heterocycles. The van der Waals surface area contributed by atoms with Crippen molar-refractivity contribution in [3.8, 4) is 0 Å². The molecule has 0 aromatic rings. The quantitative estimate of drug-likeness (QED) is 0.608. The molecule has 0 bridgehead atoms. The van der Waals surface area contributed by atoms with E-state index in [1.807, 2.05) is 20.8 Å². The van der Waals surface area contributed by atoms with E-state index in [-0.39, 0.29) is 10.7 Å². The Balaban J connectivity index is 3.14. The molecule has 0 N–H and O–H groups in total. The van der Waals surface area contributed by atoms with Crippen molar-refractivity contribution in [2.75, 3.05) is 13.2 Å². The largest absolute Gasteiger partial charge is 0.317 e. The number of hydrogen-bond donors (Lipinski definition) is 0. The topological polar surface area (TPSA) is 29.5 Å². The first-order valence-corrected chi connectivity index (χ1v) is 7.69. The van der Waals surface area contributed by atoms with Gasteiger partial charge in [-0.25, -0.2) is 4.67 Å². The van der Waals surface area contributed by atoms with Crippen LogP contribution in [-0.2, 0) is 9.09 Å². The van der Waals surface area contributed by atoms with Gasteiger partial charge >= 0.3 is 0 Å². The third-order valence-corrected chi connectivity index (χ3v) is 6.63. The molecule has 0 aromatic heterocycles. The van der Waals surface area contributed by atoms with Crippen LogP contribution in [0.4, 0.5) is 0 Å². The summed E-state index contributed by atoms with van der Waals surface area (Å²) in [5.41, 5.74) is -0.104. The second-order valence-corrected chi connectivity index (χ2v) is 9.65. The Bertz CT molecular complexity index is 288. The molecule has 1 atom stereocenters. The van der Waals surface area contributed by atoms with Crippen molar-refractivity contribution in [2.24, 2.45) is 0 Å². The molecular formula is C12H26NO2P. The summed E-state index contributed by atoms with van der Waals surface area (Å²) in [5.74, 6) is 0. The fraction of sp³-hybridized carbons (Fsp3) is 1.00. The Hall–Kier alpha value is 0.150. The maximum Gasteiger partial charge on any atom is 0.278 e. The molecule has 0 amide bonds. The van der Waals surface area contributed by atoms with Gasteiger partial charge in [0.15, 0.2) is 0 Å². The van der Waals surface area contributed by atoms with E-state index >= 15 is 0 Å². The van der Waals surface area contributed by atoms with Crippen LogP contribution in [0.15, 0.2) is 0 Å². The van der Waals surface area contributed by atoms with Gasteiger partial charge in [-0.05, 0) is 54.4 Å². The van der Waals surface area contributed by atoms with E-state index in [0.29, 0.717) is 6.61 Å². The molecule has 0 radical (unpaired) electrons. The zero-order chi connectivity index (χ0) is 12.6. The molecule has 1 heterocycles. The average Bonchev–Trinajstić information content (AvgIpc) is 2.24. The first-order valence-electron chi connectivity index (χ1n) is 6.12. The standard InChI is InChI=1S/C12H26NO2P/c1-11(2,3)13-9-7-8-10-15-16(13,14)12(4,5)6/h7-10H2,1-6H3. The highest BCUT2D eigenvalue weighted by Crippen LogP contribution is 2.64. The van der Waals surface area contributed by atoms with E-state index in [0.717, 1.165) is 19.4 Å². The molecule has 1 fully saturated rings. The van der Waals surface area contributed by atoms with E-state index in [4.69, 9.17) is 4.52 Å². The predicted molar refractivity (Wildman–Crippen MR) is 69.0 cm³/mol. The molecule has 0 spiro atoms. The summed E-state index contributed by atoms with van der Waals surface area (Å²) >= 11 is 0. The Kier molecular flexibility index (Phi) is 3.94. The second-order valence-electron chi connectivity index (χ2n) is 6.53. The third-order valence-electron chi connectivity index (χ3n) is 2.97. The number of rotatable bonds is 0. The highest BCUT2D eigenvalue weighted by Gasteiger charge is 2.48. The van der Waals surface area contributed by atoms with Crippen LogP contribution in [0, 0.1) is 0 Å². The normalized spacial score (nSPS) is 30.1. The van der Waals surface area contributed by atoms with Crippen LogP contribution in [-0.4, -0.2) is 28.5 Å². The van der Waals surface area contributed by atoms with Crippen molar-refractivity contribution >= 4 is 7.52 Å². The summed E-state index contributed by atoms with van der Waals surface area (Å²) in [6, 6.07) is 0. The summed E-state index contributed by atoms with van der Waals surface area (Å²) in [5, 5.41) is -0.315. The van der Waals surface area contributed by atoms with Crippen LogP contribution in [0.1, 0.15) is 54.4 Å². The first kappa shape index (κ1) is 14.2. The lowest BCUT2D eigenvalue weighted by Crippen LogP contribution is -2.43. The van der Waals surface area contributed by atoms with Crippen molar-refractivity contribution in [3.05, 3.63) is 0 Å². The Morgan fingerprint density at radius 3 is 2.06 bits per heavy atom. The van der Waals surface area contributed by atoms with Crippen LogP contribution in [0.25, 0.3) is 0 Å². The van der Waals surface area contributed by atoms with Crippen molar-refractivity contribution in [3.63, 3.8) is 0 Å². The van der Waals surface area contributed by atoms with Crippen molar-refractivity contribution in [1.29, 1.82) is 0 Å². The molecule has 0 aromatic carbocycles. The van der Waals surface area contributed by atoms with Crippen LogP contribution >= 0.6 is 7.52 Å². The Morgan fingerprint density at radius 2 is 1.62 bits per heavy atom. The van der Waals surface area contributed by atoms with Crippen LogP contribution in [0.2, 0.25) is 0 Å². The Labute approximate surface area is 100 Å². The molecule has 0 aliphatic carbocycles. The minimum Gasteiger partial charge on any atom is -0.317 e. The molecular weight excluding hydrogens is 221 g/mol. The van der Waals surface area contributed by atoms with E-state index < -0.39 is 7.52 Å². The molecule has 0 saturated carbocycles. The third kappa shape index (κ3) is 2.69. The monoisotopic (exact) mass is 247 g/mol. The smallest absolute Gasteiger partial charge is 0.278 e. The predicted octanol–water partition coefficient (Wildman–Crippen LogP) is 3.89. The maximum absolute atomic E-state index is 13.2. The molecule has 3 nitrogen and oxygen atoms in total. The fourth-order valence-electron chi connectivity index (χ4n) is 2.04. The van der Waals surface area contributed by atoms with Crippen molar-refractivity contribution in [2.45, 2.75) is 65.1 Å².